The predicted octanol–water partition coefficient (Wildman–Crippen LogP) is 1.41. The summed E-state index contributed by atoms with van der Waals surface area (Å²) in [6.07, 6.45) is 3.00. The van der Waals surface area contributed by atoms with Crippen molar-refractivity contribution in [2.24, 2.45) is 7.05 Å². The molecule has 0 radical (unpaired) electrons. The molecule has 2 aromatic rings. The molecule has 118 valence electrons. The summed E-state index contributed by atoms with van der Waals surface area (Å²) in [5.41, 5.74) is 0.802. The number of imidazole rings is 1. The minimum atomic E-state index is -3.65. The summed E-state index contributed by atoms with van der Waals surface area (Å²) in [7, 11) is -1.91. The van der Waals surface area contributed by atoms with Gasteiger partial charge in [-0.3, -0.25) is 0 Å². The van der Waals surface area contributed by atoms with Gasteiger partial charge in [-0.25, -0.2) is 13.4 Å². The van der Waals surface area contributed by atoms with E-state index in [1.807, 2.05) is 18.2 Å². The first-order valence-electron chi connectivity index (χ1n) is 6.95. The highest BCUT2D eigenvalue weighted by molar-refractivity contribution is 7.89. The van der Waals surface area contributed by atoms with Crippen molar-refractivity contribution in [3.8, 4) is 0 Å². The average molecular weight is 341 g/mol. The first kappa shape index (κ1) is 15.5. The zero-order valence-electron chi connectivity index (χ0n) is 12.1. The molecule has 0 bridgehead atoms. The predicted molar refractivity (Wildman–Crippen MR) is 84.2 cm³/mol. The van der Waals surface area contributed by atoms with Gasteiger partial charge in [-0.15, -0.1) is 0 Å². The number of benzene rings is 1. The third-order valence-electron chi connectivity index (χ3n) is 3.71. The lowest BCUT2D eigenvalue weighted by molar-refractivity contribution is 0.271. The van der Waals surface area contributed by atoms with Gasteiger partial charge in [0, 0.05) is 37.9 Å². The Balaban J connectivity index is 2.02. The normalized spacial score (nSPS) is 20.2. The van der Waals surface area contributed by atoms with Crippen molar-refractivity contribution in [3.05, 3.63) is 47.4 Å². The Morgan fingerprint density at radius 1 is 1.36 bits per heavy atom. The van der Waals surface area contributed by atoms with E-state index in [4.69, 9.17) is 11.6 Å². The van der Waals surface area contributed by atoms with Crippen LogP contribution in [0, 0.1) is 0 Å². The molecule has 1 aliphatic heterocycles. The minimum Gasteiger partial charge on any atom is -0.339 e. The number of hydrogen-bond donors (Lipinski definition) is 1. The number of sulfonamides is 1. The molecule has 1 atom stereocenters. The molecule has 0 saturated carbocycles. The van der Waals surface area contributed by atoms with Crippen LogP contribution in [0.5, 0.6) is 0 Å². The Morgan fingerprint density at radius 2 is 2.14 bits per heavy atom. The summed E-state index contributed by atoms with van der Waals surface area (Å²) in [5.74, 6) is 0. The molecule has 8 heteroatoms. The van der Waals surface area contributed by atoms with Crippen molar-refractivity contribution in [2.75, 3.05) is 19.6 Å². The number of nitrogens with zero attached hydrogens (tertiary/aromatic N) is 3. The first-order chi connectivity index (χ1) is 10.5. The van der Waals surface area contributed by atoms with Gasteiger partial charge < -0.3 is 9.88 Å². The highest BCUT2D eigenvalue weighted by Crippen LogP contribution is 2.32. The summed E-state index contributed by atoms with van der Waals surface area (Å²) < 4.78 is 28.9. The molecule has 0 aliphatic carbocycles. The van der Waals surface area contributed by atoms with Crippen molar-refractivity contribution >= 4 is 21.6 Å². The number of nitrogens with one attached hydrogen (secondary N) is 1. The van der Waals surface area contributed by atoms with Gasteiger partial charge in [-0.2, -0.15) is 4.31 Å². The zero-order valence-corrected chi connectivity index (χ0v) is 13.7. The van der Waals surface area contributed by atoms with E-state index < -0.39 is 10.0 Å². The maximum atomic E-state index is 12.9. The largest absolute Gasteiger partial charge is 0.339 e. The van der Waals surface area contributed by atoms with Crippen LogP contribution < -0.4 is 5.32 Å². The Hall–Kier alpha value is -1.41. The van der Waals surface area contributed by atoms with Crippen LogP contribution in [0.25, 0.3) is 0 Å². The molecule has 3 rings (SSSR count). The van der Waals surface area contributed by atoms with Crippen molar-refractivity contribution < 1.29 is 8.42 Å². The van der Waals surface area contributed by atoms with Crippen molar-refractivity contribution in [2.45, 2.75) is 11.1 Å². The van der Waals surface area contributed by atoms with Gasteiger partial charge in [-0.1, -0.05) is 29.8 Å². The van der Waals surface area contributed by atoms with E-state index in [1.165, 1.54) is 16.8 Å². The lowest BCUT2D eigenvalue weighted by atomic mass is 10.1. The molecule has 1 saturated heterocycles. The monoisotopic (exact) mass is 340 g/mol. The molecule has 1 aliphatic rings. The molecule has 1 unspecified atom stereocenters. The molecule has 1 aromatic carbocycles. The van der Waals surface area contributed by atoms with Crippen LogP contribution in [0.15, 0.2) is 41.8 Å². The van der Waals surface area contributed by atoms with E-state index in [9.17, 15) is 8.42 Å². The fourth-order valence-corrected chi connectivity index (χ4v) is 4.46. The van der Waals surface area contributed by atoms with Crippen LogP contribution in [0.1, 0.15) is 11.6 Å². The van der Waals surface area contributed by atoms with E-state index in [0.29, 0.717) is 24.7 Å². The van der Waals surface area contributed by atoms with Gasteiger partial charge in [0.15, 0.2) is 5.03 Å². The topological polar surface area (TPSA) is 67.2 Å². The summed E-state index contributed by atoms with van der Waals surface area (Å²) in [4.78, 5) is 3.99. The number of aryl methyl sites for hydroxylation is 1. The van der Waals surface area contributed by atoms with E-state index in [0.717, 1.165) is 5.56 Å². The van der Waals surface area contributed by atoms with Gasteiger partial charge >= 0.3 is 0 Å². The Morgan fingerprint density at radius 3 is 2.82 bits per heavy atom. The molecule has 1 fully saturated rings. The molecular formula is C14H17ClN4O2S. The average Bonchev–Trinajstić information content (AvgIpc) is 2.95. The van der Waals surface area contributed by atoms with Crippen LogP contribution in [-0.2, 0) is 17.1 Å². The molecule has 0 spiro atoms. The smallest absolute Gasteiger partial charge is 0.262 e. The second kappa shape index (κ2) is 6.00. The van der Waals surface area contributed by atoms with E-state index in [-0.39, 0.29) is 11.1 Å². The second-order valence-electron chi connectivity index (χ2n) is 5.23. The third kappa shape index (κ3) is 2.77. The number of piperazine rings is 1. The van der Waals surface area contributed by atoms with Gasteiger partial charge in [0.05, 0.1) is 12.4 Å². The summed E-state index contributed by atoms with van der Waals surface area (Å²) in [5, 5.41) is 3.86. The molecule has 1 N–H and O–H groups in total. The third-order valence-corrected chi connectivity index (χ3v) is 5.85. The number of rotatable bonds is 3. The van der Waals surface area contributed by atoms with Crippen molar-refractivity contribution in [1.29, 1.82) is 0 Å². The molecule has 2 heterocycles. The minimum absolute atomic E-state index is 0.0638. The summed E-state index contributed by atoms with van der Waals surface area (Å²) in [6, 6.07) is 6.99. The highest BCUT2D eigenvalue weighted by Gasteiger charge is 2.36. The van der Waals surface area contributed by atoms with E-state index >= 15 is 0 Å². The van der Waals surface area contributed by atoms with Crippen LogP contribution >= 0.6 is 11.6 Å². The number of aromatic nitrogens is 2. The highest BCUT2D eigenvalue weighted by atomic mass is 35.5. The molecule has 0 amide bonds. The molecular weight excluding hydrogens is 324 g/mol. The van der Waals surface area contributed by atoms with Crippen LogP contribution in [0.2, 0.25) is 5.02 Å². The van der Waals surface area contributed by atoms with Crippen molar-refractivity contribution in [1.82, 2.24) is 19.2 Å². The zero-order chi connectivity index (χ0) is 15.7. The standard InChI is InChI=1S/C14H17ClN4O2S/c1-18-9-14(17-10-18)22(20,21)19-7-6-16-8-13(19)11-4-2-3-5-12(11)15/h2-5,9-10,13,16H,6-8H2,1H3. The van der Waals surface area contributed by atoms with Gasteiger partial charge in [0.2, 0.25) is 0 Å². The fraction of sp³-hybridized carbons (Fsp3) is 0.357. The fourth-order valence-electron chi connectivity index (χ4n) is 2.63. The maximum absolute atomic E-state index is 12.9. The Kier molecular flexibility index (Phi) is 4.22. The summed E-state index contributed by atoms with van der Waals surface area (Å²) in [6.45, 7) is 1.51. The summed E-state index contributed by atoms with van der Waals surface area (Å²) >= 11 is 6.25. The van der Waals surface area contributed by atoms with E-state index in [1.54, 1.807) is 17.7 Å². The molecule has 22 heavy (non-hydrogen) atoms. The van der Waals surface area contributed by atoms with Crippen LogP contribution in [-0.4, -0.2) is 41.9 Å². The number of hydrogen-bond acceptors (Lipinski definition) is 4. The molecule has 6 nitrogen and oxygen atoms in total. The Labute approximate surface area is 134 Å². The number of halogens is 1. The second-order valence-corrected chi connectivity index (χ2v) is 7.48. The van der Waals surface area contributed by atoms with Crippen molar-refractivity contribution in [3.63, 3.8) is 0 Å². The lowest BCUT2D eigenvalue weighted by Crippen LogP contribution is -2.48. The maximum Gasteiger partial charge on any atom is 0.262 e. The van der Waals surface area contributed by atoms with Crippen LogP contribution in [0.4, 0.5) is 0 Å². The quantitative estimate of drug-likeness (QED) is 0.917. The lowest BCUT2D eigenvalue weighted by Gasteiger charge is -2.35. The van der Waals surface area contributed by atoms with Gasteiger partial charge in [0.25, 0.3) is 10.0 Å². The van der Waals surface area contributed by atoms with Gasteiger partial charge in [0.1, 0.15) is 0 Å². The van der Waals surface area contributed by atoms with Gasteiger partial charge in [-0.05, 0) is 11.6 Å². The van der Waals surface area contributed by atoms with E-state index in [2.05, 4.69) is 10.3 Å². The van der Waals surface area contributed by atoms with Crippen LogP contribution in [0.3, 0.4) is 0 Å². The Bertz CT molecular complexity index is 775. The first-order valence-corrected chi connectivity index (χ1v) is 8.77. The SMILES string of the molecule is Cn1cnc(S(=O)(=O)N2CCNCC2c2ccccc2Cl)c1. The molecule has 1 aromatic heterocycles.